The molecule has 0 radical (unpaired) electrons. The molecular weight excluding hydrogens is 341 g/mol. The number of carbonyl (C=O) groups excluding carboxylic acids is 1. The van der Waals surface area contributed by atoms with Crippen molar-refractivity contribution in [1.29, 1.82) is 0 Å². The zero-order valence-corrected chi connectivity index (χ0v) is 15.0. The quantitative estimate of drug-likeness (QED) is 0.855. The third-order valence-corrected chi connectivity index (χ3v) is 4.04. The molecule has 26 heavy (non-hydrogen) atoms. The van der Waals surface area contributed by atoms with Crippen LogP contribution in [-0.4, -0.2) is 43.2 Å². The molecule has 0 saturated heterocycles. The summed E-state index contributed by atoms with van der Waals surface area (Å²) in [5.74, 6) is -1.56. The van der Waals surface area contributed by atoms with Crippen LogP contribution in [0.5, 0.6) is 11.5 Å². The van der Waals surface area contributed by atoms with Crippen LogP contribution in [0, 0.1) is 12.7 Å². The summed E-state index contributed by atoms with van der Waals surface area (Å²) in [6, 6.07) is 6.79. The van der Waals surface area contributed by atoms with E-state index in [9.17, 15) is 14.0 Å². The second-order valence-electron chi connectivity index (χ2n) is 5.79. The number of carbonyl (C=O) groups is 2. The maximum Gasteiger partial charge on any atom is 0.335 e. The molecule has 0 spiro atoms. The third kappa shape index (κ3) is 3.93. The van der Waals surface area contributed by atoms with Gasteiger partial charge in [0.2, 0.25) is 0 Å². The first kappa shape index (κ1) is 19.2. The molecule has 0 unspecified atom stereocenters. The Bertz CT molecular complexity index is 850. The number of aryl methyl sites for hydroxylation is 1. The van der Waals surface area contributed by atoms with Crippen molar-refractivity contribution in [3.05, 3.63) is 58.4 Å². The summed E-state index contributed by atoms with van der Waals surface area (Å²) in [5.41, 5.74) is 1.32. The minimum atomic E-state index is -1.25. The molecule has 0 aliphatic carbocycles. The first-order valence-electron chi connectivity index (χ1n) is 7.78. The SMILES string of the molecule is COc1cc(C)c(CN(C)C(=O)c2ccc(C(=O)O)cc2F)cc1OC. The maximum absolute atomic E-state index is 14.1. The standard InChI is InChI=1S/C19H20FNO5/c1-11-7-16(25-3)17(26-4)9-13(11)10-21(2)18(22)14-6-5-12(19(23)24)8-15(14)20/h5-9H,10H2,1-4H3,(H,23,24). The summed E-state index contributed by atoms with van der Waals surface area (Å²) in [5, 5.41) is 8.88. The molecule has 1 N–H and O–H groups in total. The molecule has 2 rings (SSSR count). The fraction of sp³-hybridized carbons (Fsp3) is 0.263. The molecule has 2 aromatic carbocycles. The Morgan fingerprint density at radius 1 is 1.12 bits per heavy atom. The van der Waals surface area contributed by atoms with E-state index in [-0.39, 0.29) is 17.7 Å². The van der Waals surface area contributed by atoms with Crippen molar-refractivity contribution in [3.8, 4) is 11.5 Å². The molecule has 7 heteroatoms. The number of nitrogens with zero attached hydrogens (tertiary/aromatic N) is 1. The van der Waals surface area contributed by atoms with Gasteiger partial charge in [-0.15, -0.1) is 0 Å². The minimum Gasteiger partial charge on any atom is -0.493 e. The van der Waals surface area contributed by atoms with Crippen LogP contribution in [0.25, 0.3) is 0 Å². The van der Waals surface area contributed by atoms with Crippen LogP contribution in [0.4, 0.5) is 4.39 Å². The number of methoxy groups -OCH3 is 2. The van der Waals surface area contributed by atoms with Crippen molar-refractivity contribution in [2.45, 2.75) is 13.5 Å². The lowest BCUT2D eigenvalue weighted by molar-refractivity contribution is 0.0693. The molecule has 1 amide bonds. The fourth-order valence-electron chi connectivity index (χ4n) is 2.55. The third-order valence-electron chi connectivity index (χ3n) is 4.04. The largest absolute Gasteiger partial charge is 0.493 e. The van der Waals surface area contributed by atoms with Gasteiger partial charge in [-0.05, 0) is 48.4 Å². The first-order valence-corrected chi connectivity index (χ1v) is 7.78. The number of ether oxygens (including phenoxy) is 2. The second kappa shape index (κ2) is 7.86. The number of carboxylic acid groups (broad SMARTS) is 1. The predicted molar refractivity (Wildman–Crippen MR) is 93.4 cm³/mol. The van der Waals surface area contributed by atoms with Crippen molar-refractivity contribution < 1.29 is 28.6 Å². The molecule has 0 fully saturated rings. The van der Waals surface area contributed by atoms with Crippen molar-refractivity contribution in [2.24, 2.45) is 0 Å². The van der Waals surface area contributed by atoms with Crippen LogP contribution >= 0.6 is 0 Å². The summed E-state index contributed by atoms with van der Waals surface area (Å²) < 4.78 is 24.6. The average molecular weight is 361 g/mol. The minimum absolute atomic E-state index is 0.185. The molecular formula is C19H20FNO5. The Balaban J connectivity index is 2.26. The van der Waals surface area contributed by atoms with Gasteiger partial charge in [-0.1, -0.05) is 0 Å². The van der Waals surface area contributed by atoms with E-state index in [2.05, 4.69) is 0 Å². The van der Waals surface area contributed by atoms with Gasteiger partial charge in [-0.2, -0.15) is 0 Å². The number of aromatic carboxylic acids is 1. The van der Waals surface area contributed by atoms with E-state index in [0.29, 0.717) is 11.5 Å². The van der Waals surface area contributed by atoms with E-state index in [0.717, 1.165) is 17.2 Å². The highest BCUT2D eigenvalue weighted by atomic mass is 19.1. The van der Waals surface area contributed by atoms with Crippen molar-refractivity contribution >= 4 is 11.9 Å². The number of carboxylic acids is 1. The molecule has 0 bridgehead atoms. The fourth-order valence-corrected chi connectivity index (χ4v) is 2.55. The van der Waals surface area contributed by atoms with Crippen LogP contribution < -0.4 is 9.47 Å². The summed E-state index contributed by atoms with van der Waals surface area (Å²) in [6.07, 6.45) is 0. The van der Waals surface area contributed by atoms with Gasteiger partial charge in [0.1, 0.15) is 5.82 Å². The number of halogens is 1. The molecule has 0 aliphatic heterocycles. The second-order valence-corrected chi connectivity index (χ2v) is 5.79. The summed E-state index contributed by atoms with van der Waals surface area (Å²) in [7, 11) is 4.60. The van der Waals surface area contributed by atoms with Crippen LogP contribution in [0.1, 0.15) is 31.8 Å². The van der Waals surface area contributed by atoms with E-state index >= 15 is 0 Å². The molecule has 2 aromatic rings. The maximum atomic E-state index is 14.1. The lowest BCUT2D eigenvalue weighted by atomic mass is 10.1. The molecule has 6 nitrogen and oxygen atoms in total. The average Bonchev–Trinajstić information content (AvgIpc) is 2.62. The van der Waals surface area contributed by atoms with Crippen LogP contribution in [-0.2, 0) is 6.54 Å². The Kier molecular flexibility index (Phi) is 5.82. The number of hydrogen-bond acceptors (Lipinski definition) is 4. The van der Waals surface area contributed by atoms with Gasteiger partial charge < -0.3 is 19.5 Å². The van der Waals surface area contributed by atoms with Gasteiger partial charge in [0.25, 0.3) is 5.91 Å². The Labute approximate surface area is 150 Å². The van der Waals surface area contributed by atoms with Gasteiger partial charge in [0.05, 0.1) is 25.3 Å². The highest BCUT2D eigenvalue weighted by molar-refractivity contribution is 5.96. The zero-order chi connectivity index (χ0) is 19.4. The Morgan fingerprint density at radius 3 is 2.27 bits per heavy atom. The molecule has 0 heterocycles. The van der Waals surface area contributed by atoms with Gasteiger partial charge >= 0.3 is 5.97 Å². The first-order chi connectivity index (χ1) is 12.3. The normalized spacial score (nSPS) is 10.3. The van der Waals surface area contributed by atoms with Crippen LogP contribution in [0.3, 0.4) is 0 Å². The van der Waals surface area contributed by atoms with Gasteiger partial charge in [-0.3, -0.25) is 4.79 Å². The number of benzene rings is 2. The molecule has 0 aromatic heterocycles. The number of hydrogen-bond donors (Lipinski definition) is 1. The highest BCUT2D eigenvalue weighted by Crippen LogP contribution is 2.31. The van der Waals surface area contributed by atoms with Gasteiger partial charge in [0.15, 0.2) is 11.5 Å². The molecule has 138 valence electrons. The van der Waals surface area contributed by atoms with Gasteiger partial charge in [0, 0.05) is 13.6 Å². The Hall–Kier alpha value is -3.09. The Morgan fingerprint density at radius 2 is 1.73 bits per heavy atom. The summed E-state index contributed by atoms with van der Waals surface area (Å²) >= 11 is 0. The monoisotopic (exact) mass is 361 g/mol. The van der Waals surface area contributed by atoms with E-state index in [4.69, 9.17) is 14.6 Å². The van der Waals surface area contributed by atoms with Gasteiger partial charge in [-0.25, -0.2) is 9.18 Å². The van der Waals surface area contributed by atoms with Crippen molar-refractivity contribution in [3.63, 3.8) is 0 Å². The topological polar surface area (TPSA) is 76.1 Å². The zero-order valence-electron chi connectivity index (χ0n) is 15.0. The lowest BCUT2D eigenvalue weighted by Gasteiger charge is -2.20. The number of rotatable bonds is 6. The van der Waals surface area contributed by atoms with Crippen LogP contribution in [0.15, 0.2) is 30.3 Å². The van der Waals surface area contributed by atoms with E-state index in [1.165, 1.54) is 31.3 Å². The number of amides is 1. The van der Waals surface area contributed by atoms with Crippen molar-refractivity contribution in [1.82, 2.24) is 4.90 Å². The highest BCUT2D eigenvalue weighted by Gasteiger charge is 2.19. The summed E-state index contributed by atoms with van der Waals surface area (Å²) in [4.78, 5) is 24.8. The van der Waals surface area contributed by atoms with E-state index in [1.807, 2.05) is 6.92 Å². The summed E-state index contributed by atoms with van der Waals surface area (Å²) in [6.45, 7) is 2.10. The van der Waals surface area contributed by atoms with E-state index in [1.54, 1.807) is 19.2 Å². The molecule has 0 atom stereocenters. The molecule has 0 aliphatic rings. The smallest absolute Gasteiger partial charge is 0.335 e. The van der Waals surface area contributed by atoms with Crippen molar-refractivity contribution in [2.75, 3.05) is 21.3 Å². The molecule has 0 saturated carbocycles. The lowest BCUT2D eigenvalue weighted by Crippen LogP contribution is -2.27. The van der Waals surface area contributed by atoms with E-state index < -0.39 is 17.7 Å². The predicted octanol–water partition coefficient (Wildman–Crippen LogP) is 3.12. The van der Waals surface area contributed by atoms with Crippen LogP contribution in [0.2, 0.25) is 0 Å².